The van der Waals surface area contributed by atoms with E-state index in [1.54, 1.807) is 13.0 Å². The lowest BCUT2D eigenvalue weighted by atomic mass is 9.77. The van der Waals surface area contributed by atoms with E-state index >= 15 is 0 Å². The molecule has 0 bridgehead atoms. The second kappa shape index (κ2) is 11.6. The number of benzene rings is 3. The molecule has 0 atom stereocenters. The van der Waals surface area contributed by atoms with E-state index in [4.69, 9.17) is 9.47 Å². The summed E-state index contributed by atoms with van der Waals surface area (Å²) in [6.45, 7) is 15.6. The Morgan fingerprint density at radius 1 is 0.750 bits per heavy atom. The summed E-state index contributed by atoms with van der Waals surface area (Å²) in [4.78, 5) is 26.8. The summed E-state index contributed by atoms with van der Waals surface area (Å²) in [6.07, 6.45) is 1.75. The minimum Gasteiger partial charge on any atom is -0.485 e. The van der Waals surface area contributed by atoms with Crippen LogP contribution in [0.25, 0.3) is 6.08 Å². The first-order valence-corrected chi connectivity index (χ1v) is 13.8. The Hall–Kier alpha value is -4.06. The summed E-state index contributed by atoms with van der Waals surface area (Å²) in [5, 5.41) is 2.76. The highest BCUT2D eigenvalue weighted by Crippen LogP contribution is 2.47. The molecule has 4 rings (SSSR count). The van der Waals surface area contributed by atoms with Crippen molar-refractivity contribution in [2.45, 2.75) is 72.5 Å². The highest BCUT2D eigenvalue weighted by Gasteiger charge is 2.35. The molecule has 6 heteroatoms. The third kappa shape index (κ3) is 6.39. The van der Waals surface area contributed by atoms with Gasteiger partial charge in [-0.3, -0.25) is 9.69 Å². The number of likely N-dealkylation sites (N-methyl/N-ethyl adjacent to an activating group) is 1. The summed E-state index contributed by atoms with van der Waals surface area (Å²) in [5.41, 5.74) is 4.43. The van der Waals surface area contributed by atoms with E-state index in [2.05, 4.69) is 52.9 Å². The number of carbonyl (C=O) groups excluding carboxylic acids is 2. The van der Waals surface area contributed by atoms with Gasteiger partial charge in [0.15, 0.2) is 11.5 Å². The monoisotopic (exact) mass is 540 g/mol. The number of carbonyl (C=O) groups is 2. The Morgan fingerprint density at radius 2 is 1.25 bits per heavy atom. The first-order chi connectivity index (χ1) is 18.9. The number of rotatable bonds is 8. The summed E-state index contributed by atoms with van der Waals surface area (Å²) in [6, 6.07) is 21.7. The van der Waals surface area contributed by atoms with Crippen LogP contribution < -0.4 is 14.8 Å². The molecule has 3 aromatic rings. The predicted octanol–water partition coefficient (Wildman–Crippen LogP) is 7.35. The Balaban J connectivity index is 1.96. The van der Waals surface area contributed by atoms with Crippen LogP contribution in [0.4, 0.5) is 4.79 Å². The average molecular weight is 541 g/mol. The quantitative estimate of drug-likeness (QED) is 0.240. The third-order valence-corrected chi connectivity index (χ3v) is 6.91. The number of ether oxygens (including phenoxy) is 2. The maximum atomic E-state index is 13.1. The lowest BCUT2D eigenvalue weighted by Crippen LogP contribution is -2.30. The Kier molecular flexibility index (Phi) is 8.38. The van der Waals surface area contributed by atoms with Crippen molar-refractivity contribution in [1.82, 2.24) is 10.2 Å². The van der Waals surface area contributed by atoms with Gasteiger partial charge in [0.05, 0.1) is 0 Å². The molecule has 0 saturated carbocycles. The van der Waals surface area contributed by atoms with Crippen LogP contribution in [0.3, 0.4) is 0 Å². The zero-order valence-electron chi connectivity index (χ0n) is 24.6. The lowest BCUT2D eigenvalue weighted by Gasteiger charge is -2.31. The molecule has 3 aromatic carbocycles. The van der Waals surface area contributed by atoms with Crippen molar-refractivity contribution in [3.63, 3.8) is 0 Å². The molecule has 1 heterocycles. The Bertz CT molecular complexity index is 1400. The summed E-state index contributed by atoms with van der Waals surface area (Å²) in [5.74, 6) is 0.839. The molecule has 0 aromatic heterocycles. The van der Waals surface area contributed by atoms with Crippen LogP contribution in [0.5, 0.6) is 11.5 Å². The van der Waals surface area contributed by atoms with Gasteiger partial charge in [-0.15, -0.1) is 0 Å². The average Bonchev–Trinajstić information content (AvgIpc) is 3.17. The van der Waals surface area contributed by atoms with Gasteiger partial charge < -0.3 is 14.8 Å². The van der Waals surface area contributed by atoms with Crippen LogP contribution in [0.15, 0.2) is 72.4 Å². The van der Waals surface area contributed by atoms with Gasteiger partial charge >= 0.3 is 6.03 Å². The van der Waals surface area contributed by atoms with E-state index in [0.717, 1.165) is 27.8 Å². The van der Waals surface area contributed by atoms with Gasteiger partial charge in [-0.2, -0.15) is 0 Å². The molecule has 1 fully saturated rings. The normalized spacial score (nSPS) is 15.0. The fourth-order valence-electron chi connectivity index (χ4n) is 4.72. The fraction of sp³-hybridized carbons (Fsp3) is 0.353. The fourth-order valence-corrected chi connectivity index (χ4v) is 4.72. The largest absolute Gasteiger partial charge is 0.485 e. The lowest BCUT2D eigenvalue weighted by molar-refractivity contribution is -0.122. The molecule has 0 aliphatic carbocycles. The second-order valence-electron chi connectivity index (χ2n) is 12.1. The van der Waals surface area contributed by atoms with E-state index in [0.29, 0.717) is 31.3 Å². The van der Waals surface area contributed by atoms with Gasteiger partial charge in [0.25, 0.3) is 5.91 Å². The van der Waals surface area contributed by atoms with E-state index in [1.807, 2.05) is 60.7 Å². The minimum absolute atomic E-state index is 0.222. The van der Waals surface area contributed by atoms with Gasteiger partial charge in [0.1, 0.15) is 18.9 Å². The van der Waals surface area contributed by atoms with Crippen molar-refractivity contribution in [2.24, 2.45) is 0 Å². The summed E-state index contributed by atoms with van der Waals surface area (Å²) in [7, 11) is 0. The van der Waals surface area contributed by atoms with E-state index in [9.17, 15) is 9.59 Å². The van der Waals surface area contributed by atoms with Gasteiger partial charge in [-0.05, 0) is 40.5 Å². The first kappa shape index (κ1) is 28.9. The number of amides is 3. The molecule has 210 valence electrons. The van der Waals surface area contributed by atoms with Crippen LogP contribution >= 0.6 is 0 Å². The molecule has 0 unspecified atom stereocenters. The Morgan fingerprint density at radius 3 is 1.70 bits per heavy atom. The first-order valence-electron chi connectivity index (χ1n) is 13.8. The van der Waals surface area contributed by atoms with Crippen molar-refractivity contribution in [3.8, 4) is 11.5 Å². The number of imide groups is 1. The van der Waals surface area contributed by atoms with E-state index in [-0.39, 0.29) is 22.4 Å². The van der Waals surface area contributed by atoms with Crippen LogP contribution in [-0.2, 0) is 28.8 Å². The third-order valence-electron chi connectivity index (χ3n) is 6.91. The predicted molar refractivity (Wildman–Crippen MR) is 159 cm³/mol. The molecular weight excluding hydrogens is 500 g/mol. The van der Waals surface area contributed by atoms with E-state index < -0.39 is 6.03 Å². The van der Waals surface area contributed by atoms with Crippen molar-refractivity contribution < 1.29 is 19.1 Å². The number of nitrogens with zero attached hydrogens (tertiary/aromatic N) is 1. The smallest absolute Gasteiger partial charge is 0.328 e. The summed E-state index contributed by atoms with van der Waals surface area (Å²) >= 11 is 0. The molecule has 40 heavy (non-hydrogen) atoms. The number of urea groups is 1. The second-order valence-corrected chi connectivity index (χ2v) is 12.1. The van der Waals surface area contributed by atoms with Crippen molar-refractivity contribution in [1.29, 1.82) is 0 Å². The maximum Gasteiger partial charge on any atom is 0.328 e. The maximum absolute atomic E-state index is 13.1. The molecule has 6 nitrogen and oxygen atoms in total. The van der Waals surface area contributed by atoms with Crippen molar-refractivity contribution >= 4 is 18.0 Å². The van der Waals surface area contributed by atoms with Crippen LogP contribution in [0.2, 0.25) is 0 Å². The van der Waals surface area contributed by atoms with Crippen LogP contribution in [-0.4, -0.2) is 23.4 Å². The molecule has 0 spiro atoms. The van der Waals surface area contributed by atoms with Gasteiger partial charge in [-0.25, -0.2) is 4.79 Å². The van der Waals surface area contributed by atoms with Crippen LogP contribution in [0, 0.1) is 0 Å². The van der Waals surface area contributed by atoms with Gasteiger partial charge in [0, 0.05) is 17.7 Å². The number of nitrogens with one attached hydrogen (secondary N) is 1. The SMILES string of the molecule is CCN1C(=O)N/C(=C\c2c(C(C)(C)C)cc(C(C)(C)C)c(OCc3ccccc3)c2OCc2ccccc2)C1=O. The minimum atomic E-state index is -0.422. The molecule has 1 N–H and O–H groups in total. The van der Waals surface area contributed by atoms with Gasteiger partial charge in [-0.1, -0.05) is 108 Å². The molecule has 1 aliphatic rings. The summed E-state index contributed by atoms with van der Waals surface area (Å²) < 4.78 is 13.2. The zero-order chi connectivity index (χ0) is 29.1. The molecular formula is C34H40N2O4. The highest BCUT2D eigenvalue weighted by molar-refractivity contribution is 6.14. The molecule has 3 amide bonds. The van der Waals surface area contributed by atoms with Crippen molar-refractivity contribution in [2.75, 3.05) is 6.54 Å². The van der Waals surface area contributed by atoms with Gasteiger partial charge in [0.2, 0.25) is 0 Å². The van der Waals surface area contributed by atoms with Crippen LogP contribution in [0.1, 0.15) is 76.3 Å². The molecule has 1 saturated heterocycles. The highest BCUT2D eigenvalue weighted by atomic mass is 16.5. The number of hydrogen-bond acceptors (Lipinski definition) is 4. The van der Waals surface area contributed by atoms with E-state index in [1.165, 1.54) is 4.90 Å². The van der Waals surface area contributed by atoms with Crippen molar-refractivity contribution in [3.05, 3.63) is 100 Å². The Labute approximate surface area is 238 Å². The molecule has 1 aliphatic heterocycles. The standard InChI is InChI=1S/C34H40N2O4/c1-8-36-31(37)28(35-32(36)38)19-25-26(33(2,3)4)20-27(34(5,6)7)30(40-22-24-17-13-10-14-18-24)29(25)39-21-23-15-11-9-12-16-23/h9-20H,8,21-22H2,1-7H3,(H,35,38)/b28-19-. The number of hydrogen-bond donors (Lipinski definition) is 1. The molecule has 0 radical (unpaired) electrons. The topological polar surface area (TPSA) is 67.9 Å². The zero-order valence-corrected chi connectivity index (χ0v) is 24.6.